The molecular weight excluding hydrogens is 250 g/mol. The first-order valence-electron chi connectivity index (χ1n) is 5.60. The Kier molecular flexibility index (Phi) is 3.46. The van der Waals surface area contributed by atoms with Crippen LogP contribution in [0.3, 0.4) is 0 Å². The number of rotatable bonds is 2. The minimum Gasteiger partial charge on any atom is -0.399 e. The summed E-state index contributed by atoms with van der Waals surface area (Å²) in [4.78, 5) is 11.9. The van der Waals surface area contributed by atoms with Crippen LogP contribution in [0.25, 0.3) is 0 Å². The number of halogens is 2. The van der Waals surface area contributed by atoms with E-state index in [4.69, 9.17) is 5.73 Å². The van der Waals surface area contributed by atoms with Crippen LogP contribution in [0.2, 0.25) is 0 Å². The van der Waals surface area contributed by atoms with Gasteiger partial charge in [0.25, 0.3) is 5.91 Å². The number of amides is 1. The van der Waals surface area contributed by atoms with E-state index in [1.54, 1.807) is 6.92 Å². The molecule has 0 unspecified atom stereocenters. The molecule has 0 aliphatic heterocycles. The molecule has 19 heavy (non-hydrogen) atoms. The Morgan fingerprint density at radius 3 is 2.53 bits per heavy atom. The van der Waals surface area contributed by atoms with Gasteiger partial charge < -0.3 is 11.1 Å². The molecular formula is C14H12F2N2O. The third kappa shape index (κ3) is 2.88. The zero-order chi connectivity index (χ0) is 14.0. The molecule has 0 fully saturated rings. The van der Waals surface area contributed by atoms with Crippen LogP contribution in [0.1, 0.15) is 15.9 Å². The highest BCUT2D eigenvalue weighted by Gasteiger charge is 2.11. The summed E-state index contributed by atoms with van der Waals surface area (Å²) in [6.45, 7) is 1.59. The minimum atomic E-state index is -0.602. The van der Waals surface area contributed by atoms with Crippen molar-refractivity contribution in [3.63, 3.8) is 0 Å². The lowest BCUT2D eigenvalue weighted by molar-refractivity contribution is 0.102. The molecule has 3 nitrogen and oxygen atoms in total. The molecule has 0 bridgehead atoms. The van der Waals surface area contributed by atoms with Crippen LogP contribution in [-0.4, -0.2) is 5.91 Å². The van der Waals surface area contributed by atoms with Gasteiger partial charge in [0.15, 0.2) is 0 Å². The fourth-order valence-corrected chi connectivity index (χ4v) is 1.57. The van der Waals surface area contributed by atoms with Crippen LogP contribution in [-0.2, 0) is 0 Å². The second-order valence-electron chi connectivity index (χ2n) is 4.16. The van der Waals surface area contributed by atoms with Crippen molar-refractivity contribution < 1.29 is 13.6 Å². The fraction of sp³-hybridized carbons (Fsp3) is 0.0714. The molecule has 0 heterocycles. The lowest BCUT2D eigenvalue weighted by Gasteiger charge is -2.08. The van der Waals surface area contributed by atoms with Crippen molar-refractivity contribution in [1.29, 1.82) is 0 Å². The quantitative estimate of drug-likeness (QED) is 0.817. The SMILES string of the molecule is Cc1ccc(C(=O)Nc2cc(N)ccc2F)cc1F. The predicted molar refractivity (Wildman–Crippen MR) is 69.9 cm³/mol. The first-order chi connectivity index (χ1) is 8.97. The van der Waals surface area contributed by atoms with Gasteiger partial charge in [0.1, 0.15) is 11.6 Å². The van der Waals surface area contributed by atoms with Gasteiger partial charge in [-0.3, -0.25) is 4.79 Å². The Morgan fingerprint density at radius 2 is 1.84 bits per heavy atom. The van der Waals surface area contributed by atoms with Gasteiger partial charge in [0.2, 0.25) is 0 Å². The van der Waals surface area contributed by atoms with Gasteiger partial charge in [-0.05, 0) is 42.8 Å². The lowest BCUT2D eigenvalue weighted by Crippen LogP contribution is -2.13. The predicted octanol–water partition coefficient (Wildman–Crippen LogP) is 3.11. The molecule has 0 spiro atoms. The molecule has 2 aromatic carbocycles. The number of benzene rings is 2. The fourth-order valence-electron chi connectivity index (χ4n) is 1.57. The number of anilines is 2. The molecule has 98 valence electrons. The maximum atomic E-state index is 13.4. The van der Waals surface area contributed by atoms with E-state index >= 15 is 0 Å². The monoisotopic (exact) mass is 262 g/mol. The summed E-state index contributed by atoms with van der Waals surface area (Å²) >= 11 is 0. The normalized spacial score (nSPS) is 10.3. The third-order valence-corrected chi connectivity index (χ3v) is 2.67. The maximum Gasteiger partial charge on any atom is 0.255 e. The van der Waals surface area contributed by atoms with Crippen LogP contribution in [0.5, 0.6) is 0 Å². The van der Waals surface area contributed by atoms with Crippen LogP contribution in [0.4, 0.5) is 20.2 Å². The molecule has 3 N–H and O–H groups in total. The van der Waals surface area contributed by atoms with Crippen molar-refractivity contribution in [3.05, 3.63) is 59.2 Å². The van der Waals surface area contributed by atoms with Crippen molar-refractivity contribution in [2.45, 2.75) is 6.92 Å². The number of nitrogens with two attached hydrogens (primary N) is 1. The van der Waals surface area contributed by atoms with Gasteiger partial charge in [-0.2, -0.15) is 0 Å². The Morgan fingerprint density at radius 1 is 1.11 bits per heavy atom. The number of carbonyl (C=O) groups is 1. The Hall–Kier alpha value is -2.43. The van der Waals surface area contributed by atoms with Gasteiger partial charge in [-0.1, -0.05) is 6.07 Å². The molecule has 0 saturated heterocycles. The molecule has 5 heteroatoms. The number of hydrogen-bond donors (Lipinski definition) is 2. The van der Waals surface area contributed by atoms with E-state index in [2.05, 4.69) is 5.32 Å². The molecule has 0 aliphatic carbocycles. The van der Waals surface area contributed by atoms with Crippen molar-refractivity contribution in [1.82, 2.24) is 0 Å². The Balaban J connectivity index is 2.25. The molecule has 0 aromatic heterocycles. The highest BCUT2D eigenvalue weighted by Crippen LogP contribution is 2.19. The topological polar surface area (TPSA) is 55.1 Å². The van der Waals surface area contributed by atoms with Gasteiger partial charge in [-0.25, -0.2) is 8.78 Å². The van der Waals surface area contributed by atoms with Gasteiger partial charge in [0, 0.05) is 11.3 Å². The Bertz CT molecular complexity index is 641. The summed E-state index contributed by atoms with van der Waals surface area (Å²) in [7, 11) is 0. The number of nitrogen functional groups attached to an aromatic ring is 1. The van der Waals surface area contributed by atoms with Gasteiger partial charge in [0.05, 0.1) is 5.69 Å². The molecule has 2 aromatic rings. The largest absolute Gasteiger partial charge is 0.399 e. The van der Waals surface area contributed by atoms with Crippen molar-refractivity contribution in [2.24, 2.45) is 0 Å². The minimum absolute atomic E-state index is 0.0361. The summed E-state index contributed by atoms with van der Waals surface area (Å²) in [5.74, 6) is -1.68. The number of nitrogens with one attached hydrogen (secondary N) is 1. The van der Waals surface area contributed by atoms with E-state index in [-0.39, 0.29) is 11.3 Å². The van der Waals surface area contributed by atoms with E-state index in [1.807, 2.05) is 0 Å². The van der Waals surface area contributed by atoms with Crippen molar-refractivity contribution in [3.8, 4) is 0 Å². The van der Waals surface area contributed by atoms with E-state index in [0.29, 0.717) is 11.3 Å². The number of carbonyl (C=O) groups excluding carboxylic acids is 1. The highest BCUT2D eigenvalue weighted by atomic mass is 19.1. The zero-order valence-corrected chi connectivity index (χ0v) is 10.2. The summed E-state index contributed by atoms with van der Waals surface area (Å²) in [5, 5.41) is 2.35. The summed E-state index contributed by atoms with van der Waals surface area (Å²) in [5.41, 5.74) is 6.35. The molecule has 1 amide bonds. The molecule has 0 aliphatic rings. The smallest absolute Gasteiger partial charge is 0.255 e. The summed E-state index contributed by atoms with van der Waals surface area (Å²) in [6, 6.07) is 7.90. The van der Waals surface area contributed by atoms with E-state index in [1.165, 1.54) is 24.3 Å². The lowest BCUT2D eigenvalue weighted by atomic mass is 10.1. The van der Waals surface area contributed by atoms with E-state index in [9.17, 15) is 13.6 Å². The zero-order valence-electron chi connectivity index (χ0n) is 10.2. The van der Waals surface area contributed by atoms with Crippen LogP contribution in [0.15, 0.2) is 36.4 Å². The van der Waals surface area contributed by atoms with Gasteiger partial charge in [-0.15, -0.1) is 0 Å². The van der Waals surface area contributed by atoms with E-state index in [0.717, 1.165) is 12.1 Å². The average Bonchev–Trinajstić information content (AvgIpc) is 2.37. The highest BCUT2D eigenvalue weighted by molar-refractivity contribution is 6.04. The maximum absolute atomic E-state index is 13.4. The number of aryl methyl sites for hydroxylation is 1. The number of hydrogen-bond acceptors (Lipinski definition) is 2. The van der Waals surface area contributed by atoms with Gasteiger partial charge >= 0.3 is 0 Å². The Labute approximate surface area is 109 Å². The van der Waals surface area contributed by atoms with Crippen LogP contribution >= 0.6 is 0 Å². The average molecular weight is 262 g/mol. The summed E-state index contributed by atoms with van der Waals surface area (Å²) in [6.07, 6.45) is 0. The third-order valence-electron chi connectivity index (χ3n) is 2.67. The second-order valence-corrected chi connectivity index (χ2v) is 4.16. The molecule has 0 saturated carbocycles. The summed E-state index contributed by atoms with van der Waals surface area (Å²) < 4.78 is 26.8. The van der Waals surface area contributed by atoms with Crippen molar-refractivity contribution in [2.75, 3.05) is 11.1 Å². The van der Waals surface area contributed by atoms with Crippen molar-refractivity contribution >= 4 is 17.3 Å². The molecule has 2 rings (SSSR count). The first kappa shape index (κ1) is 13.0. The molecule has 0 atom stereocenters. The van der Waals surface area contributed by atoms with E-state index < -0.39 is 17.5 Å². The first-order valence-corrected chi connectivity index (χ1v) is 5.60. The van der Waals surface area contributed by atoms with Crippen LogP contribution < -0.4 is 11.1 Å². The standard InChI is InChI=1S/C14H12F2N2O/c1-8-2-3-9(6-12(8)16)14(19)18-13-7-10(17)4-5-11(13)15/h2-7H,17H2,1H3,(H,18,19). The van der Waals surface area contributed by atoms with Crippen LogP contribution in [0, 0.1) is 18.6 Å². The molecule has 0 radical (unpaired) electrons. The second kappa shape index (κ2) is 5.06.